The second-order valence-corrected chi connectivity index (χ2v) is 12.2. The summed E-state index contributed by atoms with van der Waals surface area (Å²) in [4.78, 5) is 11.7. The minimum atomic E-state index is -0.478. The van der Waals surface area contributed by atoms with Gasteiger partial charge in [0.25, 0.3) is 0 Å². The second kappa shape index (κ2) is 36.0. The second-order valence-electron chi connectivity index (χ2n) is 12.2. The Labute approximate surface area is 252 Å². The minimum absolute atomic E-state index is 0.478. The zero-order chi connectivity index (χ0) is 29.0. The number of carbonyl (C=O) groups excluding carboxylic acids is 1. The van der Waals surface area contributed by atoms with Crippen molar-refractivity contribution in [3.63, 3.8) is 0 Å². The molecule has 0 unspecified atom stereocenters. The molecule has 40 heavy (non-hydrogen) atoms. The molecule has 0 amide bonds. The number of rotatable bonds is 33. The van der Waals surface area contributed by atoms with E-state index >= 15 is 0 Å². The van der Waals surface area contributed by atoms with Gasteiger partial charge < -0.3 is 9.47 Å². The van der Waals surface area contributed by atoms with Crippen LogP contribution >= 0.6 is 0 Å². The number of hydrogen-bond acceptors (Lipinski definition) is 3. The van der Waals surface area contributed by atoms with Crippen molar-refractivity contribution in [3.05, 3.63) is 12.2 Å². The van der Waals surface area contributed by atoms with Gasteiger partial charge in [-0.25, -0.2) is 4.79 Å². The highest BCUT2D eigenvalue weighted by Gasteiger charge is 2.03. The average Bonchev–Trinajstić information content (AvgIpc) is 2.96. The van der Waals surface area contributed by atoms with Crippen LogP contribution in [0.1, 0.15) is 206 Å². The Morgan fingerprint density at radius 2 is 0.625 bits per heavy atom. The summed E-state index contributed by atoms with van der Waals surface area (Å²) in [7, 11) is 0. The van der Waals surface area contributed by atoms with Gasteiger partial charge in [0.15, 0.2) is 0 Å². The number of unbranched alkanes of at least 4 members (excludes halogenated alkanes) is 27. The molecule has 0 saturated carbocycles. The molecule has 0 saturated heterocycles. The third-order valence-corrected chi connectivity index (χ3v) is 8.09. The predicted octanol–water partition coefficient (Wildman–Crippen LogP) is 13.4. The normalized spacial score (nSPS) is 11.4. The first-order valence-corrected chi connectivity index (χ1v) is 18.3. The van der Waals surface area contributed by atoms with Crippen molar-refractivity contribution in [2.75, 3.05) is 13.2 Å². The summed E-state index contributed by atoms with van der Waals surface area (Å²) in [5, 5.41) is 0. The Hall–Kier alpha value is -0.990. The molecule has 0 radical (unpaired) electrons. The van der Waals surface area contributed by atoms with E-state index in [0.29, 0.717) is 13.2 Å². The van der Waals surface area contributed by atoms with E-state index in [2.05, 4.69) is 26.0 Å². The summed E-state index contributed by atoms with van der Waals surface area (Å²) in [5.74, 6) is 0. The van der Waals surface area contributed by atoms with Crippen molar-refractivity contribution in [2.45, 2.75) is 206 Å². The summed E-state index contributed by atoms with van der Waals surface area (Å²) < 4.78 is 10.4. The molecule has 0 heterocycles. The molecule has 0 aliphatic rings. The smallest absolute Gasteiger partial charge is 0.434 e. The summed E-state index contributed by atoms with van der Waals surface area (Å²) in [5.41, 5.74) is 0. The molecule has 0 spiro atoms. The lowest BCUT2D eigenvalue weighted by Gasteiger charge is -2.06. The van der Waals surface area contributed by atoms with Crippen LogP contribution in [-0.4, -0.2) is 19.4 Å². The number of carbonyl (C=O) groups is 1. The van der Waals surface area contributed by atoms with Crippen molar-refractivity contribution in [2.24, 2.45) is 0 Å². The zero-order valence-corrected chi connectivity index (χ0v) is 27.5. The first kappa shape index (κ1) is 39.0. The fraction of sp³-hybridized carbons (Fsp3) is 0.919. The van der Waals surface area contributed by atoms with Gasteiger partial charge >= 0.3 is 6.16 Å². The first-order chi connectivity index (χ1) is 19.8. The highest BCUT2D eigenvalue weighted by molar-refractivity contribution is 5.59. The van der Waals surface area contributed by atoms with Gasteiger partial charge in [0.05, 0.1) is 13.2 Å². The van der Waals surface area contributed by atoms with Gasteiger partial charge in [-0.1, -0.05) is 180 Å². The summed E-state index contributed by atoms with van der Waals surface area (Å²) in [6.45, 7) is 5.56. The molecule has 0 rings (SSSR count). The van der Waals surface area contributed by atoms with E-state index in [-0.39, 0.29) is 0 Å². The van der Waals surface area contributed by atoms with Gasteiger partial charge in [-0.05, 0) is 38.5 Å². The van der Waals surface area contributed by atoms with Crippen molar-refractivity contribution in [3.8, 4) is 0 Å². The maximum Gasteiger partial charge on any atom is 0.508 e. The Morgan fingerprint density at radius 3 is 0.950 bits per heavy atom. The number of ether oxygens (including phenoxy) is 2. The first-order valence-electron chi connectivity index (χ1n) is 18.3. The topological polar surface area (TPSA) is 35.5 Å². The van der Waals surface area contributed by atoms with Crippen molar-refractivity contribution in [1.82, 2.24) is 0 Å². The molecule has 0 aromatic heterocycles. The molecule has 0 atom stereocenters. The van der Waals surface area contributed by atoms with E-state index in [4.69, 9.17) is 9.47 Å². The van der Waals surface area contributed by atoms with Crippen LogP contribution in [0.2, 0.25) is 0 Å². The maximum atomic E-state index is 11.7. The maximum absolute atomic E-state index is 11.7. The van der Waals surface area contributed by atoms with Crippen LogP contribution in [0.5, 0.6) is 0 Å². The van der Waals surface area contributed by atoms with E-state index in [1.165, 1.54) is 167 Å². The van der Waals surface area contributed by atoms with Crippen LogP contribution < -0.4 is 0 Å². The van der Waals surface area contributed by atoms with Gasteiger partial charge in [0.1, 0.15) is 0 Å². The van der Waals surface area contributed by atoms with E-state index in [9.17, 15) is 4.79 Å². The quantitative estimate of drug-likeness (QED) is 0.0451. The lowest BCUT2D eigenvalue weighted by Crippen LogP contribution is -2.09. The van der Waals surface area contributed by atoms with Crippen LogP contribution in [0.15, 0.2) is 12.2 Å². The Bertz CT molecular complexity index is 502. The van der Waals surface area contributed by atoms with E-state index in [1.54, 1.807) is 0 Å². The van der Waals surface area contributed by atoms with Crippen molar-refractivity contribution < 1.29 is 14.3 Å². The van der Waals surface area contributed by atoms with Crippen molar-refractivity contribution >= 4 is 6.16 Å². The third kappa shape index (κ3) is 35.0. The zero-order valence-electron chi connectivity index (χ0n) is 27.5. The average molecular weight is 565 g/mol. The summed E-state index contributed by atoms with van der Waals surface area (Å²) in [6, 6.07) is 0. The van der Waals surface area contributed by atoms with Crippen LogP contribution in [0.4, 0.5) is 4.79 Å². The number of allylic oxidation sites excluding steroid dienone is 2. The Kier molecular flexibility index (Phi) is 35.1. The van der Waals surface area contributed by atoms with Gasteiger partial charge in [-0.15, -0.1) is 0 Å². The molecule has 0 aromatic rings. The fourth-order valence-corrected chi connectivity index (χ4v) is 5.35. The Balaban J connectivity index is 3.17. The fourth-order valence-electron chi connectivity index (χ4n) is 5.35. The largest absolute Gasteiger partial charge is 0.508 e. The molecular weight excluding hydrogens is 492 g/mol. The molecule has 3 nitrogen and oxygen atoms in total. The van der Waals surface area contributed by atoms with Gasteiger partial charge in [-0.3, -0.25) is 0 Å². The van der Waals surface area contributed by atoms with Gasteiger partial charge in [0, 0.05) is 0 Å². The Morgan fingerprint density at radius 1 is 0.375 bits per heavy atom. The third-order valence-electron chi connectivity index (χ3n) is 8.09. The summed E-state index contributed by atoms with van der Waals surface area (Å²) in [6.07, 6.45) is 44.0. The molecule has 0 aliphatic heterocycles. The van der Waals surface area contributed by atoms with E-state index in [1.807, 2.05) is 0 Å². The molecule has 0 fully saturated rings. The highest BCUT2D eigenvalue weighted by atomic mass is 16.7. The molecule has 0 aliphatic carbocycles. The SMILES string of the molecule is CCCCCCC=CCCCCCCCCOC(=O)OCCCCCCCCCCCCCCCCCCCC. The standard InChI is InChI=1S/C37H72O3/c1-3-5-7-9-11-13-15-17-19-20-21-22-24-26-28-30-32-34-36-40-37(38)39-35-33-31-29-27-25-23-18-16-14-12-10-8-6-4-2/h14,16H,3-13,15,17-36H2,1-2H3. The molecule has 3 heteroatoms. The van der Waals surface area contributed by atoms with Crippen LogP contribution in [0.3, 0.4) is 0 Å². The van der Waals surface area contributed by atoms with Gasteiger partial charge in [0.2, 0.25) is 0 Å². The highest BCUT2D eigenvalue weighted by Crippen LogP contribution is 2.14. The molecular formula is C37H72O3. The van der Waals surface area contributed by atoms with Crippen molar-refractivity contribution in [1.29, 1.82) is 0 Å². The van der Waals surface area contributed by atoms with E-state index in [0.717, 1.165) is 25.7 Å². The lowest BCUT2D eigenvalue weighted by atomic mass is 10.0. The monoisotopic (exact) mass is 565 g/mol. The van der Waals surface area contributed by atoms with Crippen LogP contribution in [-0.2, 0) is 9.47 Å². The lowest BCUT2D eigenvalue weighted by molar-refractivity contribution is 0.0529. The van der Waals surface area contributed by atoms with E-state index < -0.39 is 6.16 Å². The van der Waals surface area contributed by atoms with Gasteiger partial charge in [-0.2, -0.15) is 0 Å². The minimum Gasteiger partial charge on any atom is -0.434 e. The molecule has 238 valence electrons. The number of hydrogen-bond donors (Lipinski definition) is 0. The summed E-state index contributed by atoms with van der Waals surface area (Å²) >= 11 is 0. The predicted molar refractivity (Wildman–Crippen MR) is 176 cm³/mol. The van der Waals surface area contributed by atoms with Crippen LogP contribution in [0.25, 0.3) is 0 Å². The molecule has 0 N–H and O–H groups in total. The van der Waals surface area contributed by atoms with Crippen LogP contribution in [0, 0.1) is 0 Å². The molecule has 0 bridgehead atoms. The molecule has 0 aromatic carbocycles.